The zero-order valence-electron chi connectivity index (χ0n) is 19.9. The van der Waals surface area contributed by atoms with Gasteiger partial charge in [-0.15, -0.1) is 0 Å². The zero-order valence-corrected chi connectivity index (χ0v) is 19.9. The Morgan fingerprint density at radius 2 is 1.97 bits per heavy atom. The van der Waals surface area contributed by atoms with E-state index in [0.29, 0.717) is 41.8 Å². The van der Waals surface area contributed by atoms with Gasteiger partial charge in [-0.25, -0.2) is 19.3 Å². The van der Waals surface area contributed by atoms with Crippen LogP contribution < -0.4 is 5.32 Å². The third-order valence-corrected chi connectivity index (χ3v) is 6.39. The first kappa shape index (κ1) is 23.6. The first-order valence-electron chi connectivity index (χ1n) is 11.6. The first-order valence-corrected chi connectivity index (χ1v) is 11.6. The number of piperidine rings is 1. The summed E-state index contributed by atoms with van der Waals surface area (Å²) in [5.74, 6) is -0.0828. The predicted octanol–water partition coefficient (Wildman–Crippen LogP) is 3.09. The maximum absolute atomic E-state index is 14.8. The average molecular weight is 493 g/mol. The number of nitrogens with zero attached hydrogens (tertiary/aromatic N) is 5. The Morgan fingerprint density at radius 1 is 1.19 bits per heavy atom. The van der Waals surface area contributed by atoms with Gasteiger partial charge in [0, 0.05) is 49.9 Å². The van der Waals surface area contributed by atoms with Crippen molar-refractivity contribution in [3.05, 3.63) is 65.5 Å². The van der Waals surface area contributed by atoms with Crippen molar-refractivity contribution < 1.29 is 23.5 Å². The molecule has 1 aromatic carbocycles. The summed E-state index contributed by atoms with van der Waals surface area (Å²) in [6.45, 7) is 4.01. The van der Waals surface area contributed by atoms with Gasteiger partial charge in [0.25, 0.3) is 5.91 Å². The van der Waals surface area contributed by atoms with Gasteiger partial charge in [0.15, 0.2) is 5.89 Å². The molecule has 1 aliphatic rings. The van der Waals surface area contributed by atoms with Crippen molar-refractivity contribution in [3.8, 4) is 11.3 Å². The molecule has 4 aromatic rings. The van der Waals surface area contributed by atoms with Crippen molar-refractivity contribution in [2.45, 2.75) is 32.6 Å². The summed E-state index contributed by atoms with van der Waals surface area (Å²) in [6, 6.07) is 4.26. The van der Waals surface area contributed by atoms with Crippen molar-refractivity contribution in [2.24, 2.45) is 0 Å². The van der Waals surface area contributed by atoms with E-state index in [1.54, 1.807) is 35.5 Å². The number of oxazole rings is 1. The number of likely N-dealkylation sites (tertiary alicyclic amines) is 1. The number of carbonyl (C=O) groups excluding carboxylic acids is 2. The van der Waals surface area contributed by atoms with Gasteiger partial charge in [0.2, 0.25) is 17.4 Å². The van der Waals surface area contributed by atoms with Crippen LogP contribution in [0.2, 0.25) is 0 Å². The normalized spacial score (nSPS) is 14.4. The highest BCUT2D eigenvalue weighted by molar-refractivity contribution is 6.03. The van der Waals surface area contributed by atoms with Gasteiger partial charge in [-0.05, 0) is 49.4 Å². The molecule has 11 heteroatoms. The number of anilines is 1. The molecule has 0 radical (unpaired) electrons. The molecule has 0 bridgehead atoms. The Morgan fingerprint density at radius 3 is 2.67 bits per heavy atom. The van der Waals surface area contributed by atoms with E-state index in [2.05, 4.69) is 20.3 Å². The topological polar surface area (TPSA) is 126 Å². The molecule has 186 valence electrons. The molecule has 5 rings (SSSR count). The zero-order chi connectivity index (χ0) is 25.4. The van der Waals surface area contributed by atoms with Crippen molar-refractivity contribution in [1.82, 2.24) is 24.3 Å². The van der Waals surface area contributed by atoms with E-state index in [4.69, 9.17) is 9.52 Å². The van der Waals surface area contributed by atoms with Crippen molar-refractivity contribution in [1.29, 1.82) is 0 Å². The number of carbonyl (C=O) groups is 2. The van der Waals surface area contributed by atoms with Crippen molar-refractivity contribution in [2.75, 3.05) is 25.0 Å². The number of aliphatic hydroxyl groups excluding tert-OH is 1. The molecule has 2 amide bonds. The van der Waals surface area contributed by atoms with Gasteiger partial charge in [-0.3, -0.25) is 14.0 Å². The fraction of sp³-hybridized carbons (Fsp3) is 0.320. The van der Waals surface area contributed by atoms with E-state index in [1.807, 2.05) is 6.20 Å². The summed E-state index contributed by atoms with van der Waals surface area (Å²) in [7, 11) is 0. The fourth-order valence-electron chi connectivity index (χ4n) is 4.53. The van der Waals surface area contributed by atoms with Gasteiger partial charge < -0.3 is 19.7 Å². The lowest BCUT2D eigenvalue weighted by atomic mass is 9.91. The van der Waals surface area contributed by atoms with Crippen LogP contribution in [0.15, 0.2) is 41.2 Å². The molecule has 10 nitrogen and oxygen atoms in total. The van der Waals surface area contributed by atoms with Crippen molar-refractivity contribution in [3.63, 3.8) is 0 Å². The number of imidazole rings is 1. The molecular weight excluding hydrogens is 467 g/mol. The number of hydrogen-bond donors (Lipinski definition) is 2. The number of hydrogen-bond acceptors (Lipinski definition) is 7. The Hall–Kier alpha value is -4.12. The largest absolute Gasteiger partial charge is 0.436 e. The minimum Gasteiger partial charge on any atom is -0.436 e. The smallest absolute Gasteiger partial charge is 0.293 e. The highest BCUT2D eigenvalue weighted by Crippen LogP contribution is 2.30. The molecule has 1 aliphatic heterocycles. The third-order valence-electron chi connectivity index (χ3n) is 6.39. The lowest BCUT2D eigenvalue weighted by Gasteiger charge is -2.31. The summed E-state index contributed by atoms with van der Waals surface area (Å²) < 4.78 is 21.9. The Bertz CT molecular complexity index is 1450. The highest BCUT2D eigenvalue weighted by Gasteiger charge is 2.24. The lowest BCUT2D eigenvalue weighted by Crippen LogP contribution is -2.39. The van der Waals surface area contributed by atoms with Crippen LogP contribution in [0.25, 0.3) is 17.0 Å². The highest BCUT2D eigenvalue weighted by atomic mass is 19.1. The van der Waals surface area contributed by atoms with E-state index in [-0.39, 0.29) is 23.1 Å². The number of nitrogens with one attached hydrogen (secondary N) is 1. The molecule has 0 saturated carbocycles. The number of aryl methyl sites for hydroxylation is 2. The molecule has 0 spiro atoms. The van der Waals surface area contributed by atoms with E-state index in [0.717, 1.165) is 18.4 Å². The van der Waals surface area contributed by atoms with Crippen LogP contribution in [0, 0.1) is 19.7 Å². The minimum absolute atomic E-state index is 0.106. The second-order valence-electron chi connectivity index (χ2n) is 8.83. The SMILES string of the molecule is Cc1nc(C)c(C(=O)Nc2ccc(F)c(-c3cn4cc(C5CCN(C(=O)CO)CC5)cnc4n3)c2)o1. The van der Waals surface area contributed by atoms with E-state index >= 15 is 0 Å². The number of aromatic nitrogens is 4. The van der Waals surface area contributed by atoms with Crippen LogP contribution in [0.5, 0.6) is 0 Å². The fourth-order valence-corrected chi connectivity index (χ4v) is 4.53. The third kappa shape index (κ3) is 4.57. The number of amides is 2. The average Bonchev–Trinajstić information content (AvgIpc) is 3.46. The Labute approximate surface area is 205 Å². The molecule has 1 saturated heterocycles. The monoisotopic (exact) mass is 492 g/mol. The van der Waals surface area contributed by atoms with E-state index in [1.165, 1.54) is 18.2 Å². The standard InChI is InChI=1S/C25H25FN6O4/c1-14-23(36-15(2)28-14)24(35)29-18-3-4-20(26)19(9-18)21-12-32-11-17(10-27-25(32)30-21)16-5-7-31(8-6-16)22(34)13-33/h3-4,9-12,16,33H,5-8,13H2,1-2H3,(H,29,35). The molecule has 4 heterocycles. The van der Waals surface area contributed by atoms with Gasteiger partial charge in [-0.1, -0.05) is 0 Å². The first-order chi connectivity index (χ1) is 17.3. The summed E-state index contributed by atoms with van der Waals surface area (Å²) in [6.07, 6.45) is 6.91. The number of benzene rings is 1. The Balaban J connectivity index is 1.36. The summed E-state index contributed by atoms with van der Waals surface area (Å²) in [5.41, 5.74) is 2.46. The van der Waals surface area contributed by atoms with Crippen LogP contribution >= 0.6 is 0 Å². The van der Waals surface area contributed by atoms with Crippen LogP contribution in [0.3, 0.4) is 0 Å². The van der Waals surface area contributed by atoms with Crippen molar-refractivity contribution >= 4 is 23.3 Å². The van der Waals surface area contributed by atoms with Crippen LogP contribution in [0.4, 0.5) is 10.1 Å². The molecule has 0 atom stereocenters. The second kappa shape index (κ2) is 9.50. The second-order valence-corrected chi connectivity index (χ2v) is 8.83. The van der Waals surface area contributed by atoms with Gasteiger partial charge >= 0.3 is 0 Å². The number of aliphatic hydroxyl groups is 1. The number of rotatable bonds is 5. The quantitative estimate of drug-likeness (QED) is 0.438. The van der Waals surface area contributed by atoms with E-state index < -0.39 is 18.3 Å². The molecule has 1 fully saturated rings. The van der Waals surface area contributed by atoms with Crippen LogP contribution in [0.1, 0.15) is 46.5 Å². The maximum Gasteiger partial charge on any atom is 0.293 e. The molecule has 36 heavy (non-hydrogen) atoms. The summed E-state index contributed by atoms with van der Waals surface area (Å²) >= 11 is 0. The van der Waals surface area contributed by atoms with Gasteiger partial charge in [-0.2, -0.15) is 0 Å². The minimum atomic E-state index is -0.482. The molecule has 0 aliphatic carbocycles. The Kier molecular flexibility index (Phi) is 6.23. The molecular formula is C25H25FN6O4. The lowest BCUT2D eigenvalue weighted by molar-refractivity contribution is -0.135. The number of halogens is 1. The molecule has 0 unspecified atom stereocenters. The van der Waals surface area contributed by atoms with Gasteiger partial charge in [0.05, 0.1) is 11.4 Å². The summed E-state index contributed by atoms with van der Waals surface area (Å²) in [5, 5.41) is 11.8. The molecule has 2 N–H and O–H groups in total. The van der Waals surface area contributed by atoms with Crippen LogP contribution in [-0.2, 0) is 4.79 Å². The number of fused-ring (bicyclic) bond motifs is 1. The van der Waals surface area contributed by atoms with Gasteiger partial charge in [0.1, 0.15) is 12.4 Å². The molecule has 3 aromatic heterocycles. The van der Waals surface area contributed by atoms with E-state index in [9.17, 15) is 14.0 Å². The maximum atomic E-state index is 14.8. The predicted molar refractivity (Wildman–Crippen MR) is 128 cm³/mol. The summed E-state index contributed by atoms with van der Waals surface area (Å²) in [4.78, 5) is 39.0. The van der Waals surface area contributed by atoms with Crippen LogP contribution in [-0.4, -0.2) is 60.9 Å².